The molecule has 0 radical (unpaired) electrons. The number of likely N-dealkylation sites (N-methyl/N-ethyl adjacent to an activating group) is 1. The minimum atomic E-state index is -0.674. The Labute approximate surface area is 174 Å². The molecule has 3 aromatic rings. The number of hydrogen-bond donors (Lipinski definition) is 2. The number of amides is 4. The predicted molar refractivity (Wildman–Crippen MR) is 114 cm³/mol. The first kappa shape index (κ1) is 19.7. The molecule has 4 rings (SSSR count). The van der Waals surface area contributed by atoms with Gasteiger partial charge in [-0.05, 0) is 24.1 Å². The zero-order valence-electron chi connectivity index (χ0n) is 17.0. The van der Waals surface area contributed by atoms with Crippen molar-refractivity contribution in [2.24, 2.45) is 0 Å². The van der Waals surface area contributed by atoms with Crippen LogP contribution < -0.4 is 5.32 Å². The second-order valence-corrected chi connectivity index (χ2v) is 7.73. The molecule has 4 amide bonds. The first-order chi connectivity index (χ1) is 14.4. The van der Waals surface area contributed by atoms with E-state index in [1.165, 1.54) is 4.90 Å². The second-order valence-electron chi connectivity index (χ2n) is 7.73. The third kappa shape index (κ3) is 3.91. The first-order valence-corrected chi connectivity index (χ1v) is 9.89. The number of aromatic nitrogens is 1. The SMILES string of the molecule is Cc1ccc(CN(C)C(=O)CN2C(=O)NC(Cc3c[nH]c4ccccc34)C2=O)cc1. The van der Waals surface area contributed by atoms with E-state index in [4.69, 9.17) is 0 Å². The van der Waals surface area contributed by atoms with Crippen LogP contribution in [-0.4, -0.2) is 52.3 Å². The van der Waals surface area contributed by atoms with Gasteiger partial charge in [0.15, 0.2) is 0 Å². The molecule has 1 aliphatic rings. The van der Waals surface area contributed by atoms with Gasteiger partial charge in [-0.1, -0.05) is 48.0 Å². The molecule has 1 aliphatic heterocycles. The average molecular weight is 404 g/mol. The Morgan fingerprint density at radius 2 is 1.83 bits per heavy atom. The van der Waals surface area contributed by atoms with Crippen molar-refractivity contribution in [2.75, 3.05) is 13.6 Å². The number of fused-ring (bicyclic) bond motifs is 1. The lowest BCUT2D eigenvalue weighted by Gasteiger charge is -2.20. The maximum Gasteiger partial charge on any atom is 0.325 e. The average Bonchev–Trinajstić information content (AvgIpc) is 3.26. The van der Waals surface area contributed by atoms with Gasteiger partial charge >= 0.3 is 6.03 Å². The molecule has 1 unspecified atom stereocenters. The fourth-order valence-corrected chi connectivity index (χ4v) is 3.70. The van der Waals surface area contributed by atoms with Gasteiger partial charge in [-0.15, -0.1) is 0 Å². The van der Waals surface area contributed by atoms with Crippen LogP contribution in [0.5, 0.6) is 0 Å². The van der Waals surface area contributed by atoms with Crippen LogP contribution in [0, 0.1) is 6.92 Å². The van der Waals surface area contributed by atoms with Crippen molar-refractivity contribution in [3.05, 3.63) is 71.4 Å². The number of rotatable bonds is 6. The molecule has 0 aliphatic carbocycles. The highest BCUT2D eigenvalue weighted by Gasteiger charge is 2.39. The number of urea groups is 1. The van der Waals surface area contributed by atoms with Crippen LogP contribution in [-0.2, 0) is 22.6 Å². The Hall–Kier alpha value is -3.61. The number of H-pyrrole nitrogens is 1. The highest BCUT2D eigenvalue weighted by Crippen LogP contribution is 2.21. The normalized spacial score (nSPS) is 16.2. The lowest BCUT2D eigenvalue weighted by Crippen LogP contribution is -2.41. The molecular formula is C23H24N4O3. The number of imide groups is 1. The van der Waals surface area contributed by atoms with Crippen LogP contribution in [0.25, 0.3) is 10.9 Å². The lowest BCUT2D eigenvalue weighted by atomic mass is 10.1. The summed E-state index contributed by atoms with van der Waals surface area (Å²) < 4.78 is 0. The number of para-hydroxylation sites is 1. The van der Waals surface area contributed by atoms with Crippen molar-refractivity contribution in [3.8, 4) is 0 Å². The zero-order valence-corrected chi connectivity index (χ0v) is 17.0. The largest absolute Gasteiger partial charge is 0.361 e. The molecule has 2 aromatic carbocycles. The molecule has 30 heavy (non-hydrogen) atoms. The van der Waals surface area contributed by atoms with E-state index in [0.717, 1.165) is 32.5 Å². The fourth-order valence-electron chi connectivity index (χ4n) is 3.70. The number of carbonyl (C=O) groups excluding carboxylic acids is 3. The van der Waals surface area contributed by atoms with Crippen LogP contribution in [0.1, 0.15) is 16.7 Å². The maximum atomic E-state index is 12.8. The molecule has 7 nitrogen and oxygen atoms in total. The Balaban J connectivity index is 1.39. The number of aromatic amines is 1. The summed E-state index contributed by atoms with van der Waals surface area (Å²) in [5.74, 6) is -0.658. The first-order valence-electron chi connectivity index (χ1n) is 9.89. The molecule has 1 fully saturated rings. The lowest BCUT2D eigenvalue weighted by molar-refractivity contribution is -0.136. The molecule has 2 heterocycles. The molecule has 154 valence electrons. The zero-order chi connectivity index (χ0) is 21.3. The van der Waals surface area contributed by atoms with Crippen LogP contribution >= 0.6 is 0 Å². The summed E-state index contributed by atoms with van der Waals surface area (Å²) in [6.07, 6.45) is 2.23. The summed E-state index contributed by atoms with van der Waals surface area (Å²) >= 11 is 0. The number of carbonyl (C=O) groups is 3. The highest BCUT2D eigenvalue weighted by atomic mass is 16.2. The number of nitrogens with one attached hydrogen (secondary N) is 2. The van der Waals surface area contributed by atoms with Gasteiger partial charge in [-0.3, -0.25) is 14.5 Å². The Morgan fingerprint density at radius 1 is 1.10 bits per heavy atom. The smallest absolute Gasteiger partial charge is 0.325 e. The van der Waals surface area contributed by atoms with E-state index in [-0.39, 0.29) is 18.4 Å². The van der Waals surface area contributed by atoms with Gasteiger partial charge in [-0.25, -0.2) is 4.79 Å². The van der Waals surface area contributed by atoms with E-state index in [2.05, 4.69) is 10.3 Å². The number of aryl methyl sites for hydroxylation is 1. The van der Waals surface area contributed by atoms with Crippen LogP contribution in [0.15, 0.2) is 54.7 Å². The molecule has 0 bridgehead atoms. The molecular weight excluding hydrogens is 380 g/mol. The van der Waals surface area contributed by atoms with Crippen LogP contribution in [0.2, 0.25) is 0 Å². The molecule has 7 heteroatoms. The molecule has 0 saturated carbocycles. The van der Waals surface area contributed by atoms with E-state index in [0.29, 0.717) is 13.0 Å². The summed E-state index contributed by atoms with van der Waals surface area (Å²) in [7, 11) is 1.67. The summed E-state index contributed by atoms with van der Waals surface area (Å²) in [5, 5.41) is 3.73. The quantitative estimate of drug-likeness (QED) is 0.620. The van der Waals surface area contributed by atoms with Gasteiger partial charge in [0.1, 0.15) is 12.6 Å². The van der Waals surface area contributed by atoms with Crippen LogP contribution in [0.4, 0.5) is 4.79 Å². The summed E-state index contributed by atoms with van der Waals surface area (Å²) in [6, 6.07) is 14.5. The topological polar surface area (TPSA) is 85.5 Å². The monoisotopic (exact) mass is 404 g/mol. The van der Waals surface area contributed by atoms with Crippen molar-refractivity contribution in [3.63, 3.8) is 0 Å². The van der Waals surface area contributed by atoms with E-state index in [9.17, 15) is 14.4 Å². The van der Waals surface area contributed by atoms with E-state index in [1.54, 1.807) is 7.05 Å². The number of hydrogen-bond acceptors (Lipinski definition) is 3. The molecule has 1 atom stereocenters. The third-order valence-corrected chi connectivity index (χ3v) is 5.47. The summed E-state index contributed by atoms with van der Waals surface area (Å²) in [4.78, 5) is 43.5. The van der Waals surface area contributed by atoms with Crippen molar-refractivity contribution >= 4 is 28.7 Å². The Kier molecular flexibility index (Phi) is 5.27. The predicted octanol–water partition coefficient (Wildman–Crippen LogP) is 2.60. The van der Waals surface area contributed by atoms with Gasteiger partial charge in [0, 0.05) is 37.1 Å². The summed E-state index contributed by atoms with van der Waals surface area (Å²) in [6.45, 7) is 2.15. The van der Waals surface area contributed by atoms with Gasteiger partial charge < -0.3 is 15.2 Å². The van der Waals surface area contributed by atoms with Crippen molar-refractivity contribution in [2.45, 2.75) is 25.9 Å². The van der Waals surface area contributed by atoms with Crippen molar-refractivity contribution in [1.29, 1.82) is 0 Å². The molecule has 1 saturated heterocycles. The number of nitrogens with zero attached hydrogens (tertiary/aromatic N) is 2. The summed E-state index contributed by atoms with van der Waals surface area (Å²) in [5.41, 5.74) is 4.07. The van der Waals surface area contributed by atoms with Gasteiger partial charge in [-0.2, -0.15) is 0 Å². The highest BCUT2D eigenvalue weighted by molar-refractivity contribution is 6.06. The van der Waals surface area contributed by atoms with Crippen molar-refractivity contribution in [1.82, 2.24) is 20.1 Å². The standard InChI is InChI=1S/C23H24N4O3/c1-15-7-9-16(10-8-15)13-26(2)21(28)14-27-22(29)20(25-23(27)30)11-17-12-24-19-6-4-3-5-18(17)19/h3-10,12,20,24H,11,13-14H2,1-2H3,(H,25,30). The van der Waals surface area contributed by atoms with E-state index < -0.39 is 12.1 Å². The second kappa shape index (κ2) is 8.02. The van der Waals surface area contributed by atoms with Gasteiger partial charge in [0.25, 0.3) is 5.91 Å². The van der Waals surface area contributed by atoms with Crippen LogP contribution in [0.3, 0.4) is 0 Å². The molecule has 0 spiro atoms. The van der Waals surface area contributed by atoms with Gasteiger partial charge in [0.2, 0.25) is 5.91 Å². The molecule has 2 N–H and O–H groups in total. The Morgan fingerprint density at radius 3 is 2.60 bits per heavy atom. The van der Waals surface area contributed by atoms with Crippen molar-refractivity contribution < 1.29 is 14.4 Å². The van der Waals surface area contributed by atoms with E-state index in [1.807, 2.05) is 61.7 Å². The minimum absolute atomic E-state index is 0.266. The Bertz CT molecular complexity index is 1100. The maximum absolute atomic E-state index is 12.8. The number of benzene rings is 2. The van der Waals surface area contributed by atoms with E-state index >= 15 is 0 Å². The molecule has 1 aromatic heterocycles. The van der Waals surface area contributed by atoms with Gasteiger partial charge in [0.05, 0.1) is 0 Å². The minimum Gasteiger partial charge on any atom is -0.361 e. The third-order valence-electron chi connectivity index (χ3n) is 5.47. The fraction of sp³-hybridized carbons (Fsp3) is 0.261.